The van der Waals surface area contributed by atoms with Gasteiger partial charge in [-0.05, 0) is 81.2 Å². The van der Waals surface area contributed by atoms with Gasteiger partial charge in [0.05, 0.1) is 37.3 Å². The van der Waals surface area contributed by atoms with E-state index < -0.39 is 0 Å². The molecule has 1 atom stereocenters. The van der Waals surface area contributed by atoms with E-state index in [-0.39, 0.29) is 17.7 Å². The van der Waals surface area contributed by atoms with Crippen molar-refractivity contribution in [1.29, 1.82) is 0 Å². The number of anilines is 2. The number of nitrogens with zero attached hydrogens (tertiary/aromatic N) is 3. The van der Waals surface area contributed by atoms with E-state index in [0.717, 1.165) is 39.0 Å². The van der Waals surface area contributed by atoms with Gasteiger partial charge in [0.25, 0.3) is 11.8 Å². The van der Waals surface area contributed by atoms with Gasteiger partial charge in [0.1, 0.15) is 17.2 Å². The number of nitrogens with two attached hydrogens (primary N) is 1. The van der Waals surface area contributed by atoms with Crippen LogP contribution in [0, 0.1) is 5.92 Å². The van der Waals surface area contributed by atoms with Crippen molar-refractivity contribution in [2.45, 2.75) is 32.6 Å². The van der Waals surface area contributed by atoms with E-state index in [0.29, 0.717) is 78.3 Å². The Bertz CT molecular complexity index is 1520. The van der Waals surface area contributed by atoms with Crippen LogP contribution in [-0.2, 0) is 4.79 Å². The first-order chi connectivity index (χ1) is 23.2. The molecule has 1 saturated heterocycles. The number of amides is 3. The quantitative estimate of drug-likeness (QED) is 0.208. The number of rotatable bonds is 16. The van der Waals surface area contributed by atoms with Gasteiger partial charge < -0.3 is 40.0 Å². The van der Waals surface area contributed by atoms with Crippen LogP contribution in [0.3, 0.4) is 0 Å². The number of piperazine rings is 1. The third-order valence-corrected chi connectivity index (χ3v) is 8.54. The average molecular weight is 660 g/mol. The summed E-state index contributed by atoms with van der Waals surface area (Å²) < 4.78 is 17.5. The Labute approximate surface area is 283 Å². The second-order valence-corrected chi connectivity index (χ2v) is 12.2. The monoisotopic (exact) mass is 659 g/mol. The Morgan fingerprint density at radius 3 is 2.31 bits per heavy atom. The molecule has 0 aliphatic carbocycles. The second-order valence-electron chi connectivity index (χ2n) is 12.2. The first kappa shape index (κ1) is 36.2. The first-order valence-corrected chi connectivity index (χ1v) is 16.6. The lowest BCUT2D eigenvalue weighted by Crippen LogP contribution is -2.47. The summed E-state index contributed by atoms with van der Waals surface area (Å²) in [4.78, 5) is 45.2. The van der Waals surface area contributed by atoms with Gasteiger partial charge in [0.2, 0.25) is 5.91 Å². The van der Waals surface area contributed by atoms with Crippen molar-refractivity contribution in [3.8, 4) is 17.2 Å². The summed E-state index contributed by atoms with van der Waals surface area (Å²) in [5, 5.41) is 2.87. The number of ether oxygens (including phenoxy) is 3. The largest absolute Gasteiger partial charge is 0.495 e. The molecule has 11 heteroatoms. The minimum absolute atomic E-state index is 0.224. The fourth-order valence-electron chi connectivity index (χ4n) is 5.42. The topological polar surface area (TPSA) is 127 Å². The molecule has 3 amide bonds. The number of nitrogens with one attached hydrogen (secondary N) is 1. The van der Waals surface area contributed by atoms with Crippen LogP contribution in [0.1, 0.15) is 53.3 Å². The van der Waals surface area contributed by atoms with Crippen LogP contribution in [-0.4, -0.2) is 94.7 Å². The Balaban J connectivity index is 1.34. The zero-order chi connectivity index (χ0) is 34.5. The molecule has 258 valence electrons. The van der Waals surface area contributed by atoms with Crippen LogP contribution in [0.25, 0.3) is 0 Å². The van der Waals surface area contributed by atoms with Crippen LogP contribution < -0.4 is 30.2 Å². The SMILES string of the molecule is COc1cc(C(=O)N(C)c2ccccc2OCCC(C)CCC(=O)N2CCN(C)CC2)ccc1NC(=O)c1ccccc1OCCCN. The Morgan fingerprint density at radius 1 is 0.896 bits per heavy atom. The van der Waals surface area contributed by atoms with Crippen molar-refractivity contribution >= 4 is 29.1 Å². The predicted octanol–water partition coefficient (Wildman–Crippen LogP) is 4.91. The second kappa shape index (κ2) is 18.1. The standard InChI is InChI=1S/C37H49N5O6/c1-27(14-17-35(43)42-22-20-40(2)21-23-42)18-25-48-33-13-8-6-11-31(33)41(3)37(45)28-15-16-30(34(26-28)46-4)39-36(44)29-10-5-7-12-32(29)47-24-9-19-38/h5-8,10-13,15-16,26-27H,9,14,17-25,38H2,1-4H3,(H,39,44). The van der Waals surface area contributed by atoms with Gasteiger partial charge >= 0.3 is 0 Å². The number of para-hydroxylation sites is 3. The smallest absolute Gasteiger partial charge is 0.259 e. The van der Waals surface area contributed by atoms with Crippen LogP contribution in [0.5, 0.6) is 17.2 Å². The number of methoxy groups -OCH3 is 1. The van der Waals surface area contributed by atoms with Gasteiger partial charge in [-0.3, -0.25) is 14.4 Å². The average Bonchev–Trinajstić information content (AvgIpc) is 3.11. The maximum absolute atomic E-state index is 13.6. The minimum Gasteiger partial charge on any atom is -0.495 e. The third kappa shape index (κ3) is 9.95. The van der Waals surface area contributed by atoms with E-state index in [1.54, 1.807) is 49.5 Å². The molecule has 0 spiro atoms. The van der Waals surface area contributed by atoms with Crippen LogP contribution >= 0.6 is 0 Å². The molecular weight excluding hydrogens is 610 g/mol. The van der Waals surface area contributed by atoms with Crippen LogP contribution in [0.2, 0.25) is 0 Å². The van der Waals surface area contributed by atoms with E-state index >= 15 is 0 Å². The molecular formula is C37H49N5O6. The highest BCUT2D eigenvalue weighted by molar-refractivity contribution is 6.09. The number of carbonyl (C=O) groups is 3. The third-order valence-electron chi connectivity index (χ3n) is 8.54. The fraction of sp³-hybridized carbons (Fsp3) is 0.432. The van der Waals surface area contributed by atoms with Crippen molar-refractivity contribution in [1.82, 2.24) is 9.80 Å². The summed E-state index contributed by atoms with van der Waals surface area (Å²) in [6.45, 7) is 6.93. The van der Waals surface area contributed by atoms with Gasteiger partial charge in [-0.25, -0.2) is 0 Å². The maximum atomic E-state index is 13.6. The van der Waals surface area contributed by atoms with Crippen molar-refractivity contribution in [3.63, 3.8) is 0 Å². The molecule has 3 aromatic carbocycles. The van der Waals surface area contributed by atoms with E-state index in [2.05, 4.69) is 24.2 Å². The maximum Gasteiger partial charge on any atom is 0.259 e. The molecule has 11 nitrogen and oxygen atoms in total. The number of carbonyl (C=O) groups excluding carboxylic acids is 3. The molecule has 1 aliphatic rings. The van der Waals surface area contributed by atoms with Gasteiger partial charge in [0.15, 0.2) is 0 Å². The van der Waals surface area contributed by atoms with Crippen LogP contribution in [0.4, 0.5) is 11.4 Å². The van der Waals surface area contributed by atoms with E-state index in [1.165, 1.54) is 12.0 Å². The normalized spacial score (nSPS) is 13.8. The first-order valence-electron chi connectivity index (χ1n) is 16.6. The minimum atomic E-state index is -0.366. The molecule has 1 aliphatic heterocycles. The summed E-state index contributed by atoms with van der Waals surface area (Å²) in [5.74, 6) is 1.30. The molecule has 1 heterocycles. The number of likely N-dealkylation sites (N-methyl/N-ethyl adjacent to an activating group) is 1. The predicted molar refractivity (Wildman–Crippen MR) is 188 cm³/mol. The highest BCUT2D eigenvalue weighted by Gasteiger charge is 2.22. The molecule has 48 heavy (non-hydrogen) atoms. The van der Waals surface area contributed by atoms with Crippen molar-refractivity contribution in [2.75, 3.05) is 77.4 Å². The lowest BCUT2D eigenvalue weighted by molar-refractivity contribution is -0.133. The lowest BCUT2D eigenvalue weighted by Gasteiger charge is -2.32. The number of hydrogen-bond donors (Lipinski definition) is 2. The summed E-state index contributed by atoms with van der Waals surface area (Å²) in [5.41, 5.74) is 7.37. The Hall–Kier alpha value is -4.61. The lowest BCUT2D eigenvalue weighted by atomic mass is 10.0. The summed E-state index contributed by atoms with van der Waals surface area (Å²) in [7, 11) is 5.26. The Morgan fingerprint density at radius 2 is 1.58 bits per heavy atom. The molecule has 0 radical (unpaired) electrons. The van der Waals surface area contributed by atoms with Gasteiger partial charge in [-0.15, -0.1) is 0 Å². The van der Waals surface area contributed by atoms with Gasteiger partial charge in [-0.1, -0.05) is 31.2 Å². The Kier molecular flexibility index (Phi) is 13.6. The summed E-state index contributed by atoms with van der Waals surface area (Å²) in [6.07, 6.45) is 2.81. The fourth-order valence-corrected chi connectivity index (χ4v) is 5.42. The van der Waals surface area contributed by atoms with Crippen LogP contribution in [0.15, 0.2) is 66.7 Å². The molecule has 3 aromatic rings. The summed E-state index contributed by atoms with van der Waals surface area (Å²) in [6, 6.07) is 19.3. The highest BCUT2D eigenvalue weighted by atomic mass is 16.5. The molecule has 1 unspecified atom stereocenters. The van der Waals surface area contributed by atoms with Crippen molar-refractivity contribution in [3.05, 3.63) is 77.9 Å². The summed E-state index contributed by atoms with van der Waals surface area (Å²) >= 11 is 0. The van der Waals surface area contributed by atoms with E-state index in [4.69, 9.17) is 19.9 Å². The molecule has 0 bridgehead atoms. The number of hydrogen-bond acceptors (Lipinski definition) is 8. The van der Waals surface area contributed by atoms with Gasteiger partial charge in [0, 0.05) is 45.2 Å². The van der Waals surface area contributed by atoms with E-state index in [9.17, 15) is 14.4 Å². The van der Waals surface area contributed by atoms with Crippen molar-refractivity contribution < 1.29 is 28.6 Å². The van der Waals surface area contributed by atoms with E-state index in [1.807, 2.05) is 29.2 Å². The number of benzene rings is 3. The molecule has 1 fully saturated rings. The molecule has 4 rings (SSSR count). The van der Waals surface area contributed by atoms with Gasteiger partial charge in [-0.2, -0.15) is 0 Å². The van der Waals surface area contributed by atoms with Crippen molar-refractivity contribution in [2.24, 2.45) is 11.7 Å². The molecule has 0 aromatic heterocycles. The zero-order valence-corrected chi connectivity index (χ0v) is 28.6. The zero-order valence-electron chi connectivity index (χ0n) is 28.6. The molecule has 0 saturated carbocycles. The highest BCUT2D eigenvalue weighted by Crippen LogP contribution is 2.32. The molecule has 3 N–H and O–H groups in total.